The van der Waals surface area contributed by atoms with Crippen molar-refractivity contribution in [2.75, 3.05) is 0 Å². The Morgan fingerprint density at radius 2 is 1.67 bits per heavy atom. The van der Waals surface area contributed by atoms with E-state index in [4.69, 9.17) is 4.74 Å². The van der Waals surface area contributed by atoms with Gasteiger partial charge in [0.2, 0.25) is 0 Å². The van der Waals surface area contributed by atoms with E-state index in [-0.39, 0.29) is 23.0 Å². The van der Waals surface area contributed by atoms with Gasteiger partial charge < -0.3 is 9.84 Å². The summed E-state index contributed by atoms with van der Waals surface area (Å²) in [7, 11) is 0. The third-order valence-electron chi connectivity index (χ3n) is 5.53. The minimum absolute atomic E-state index is 0.0426. The molecule has 1 aromatic rings. The predicted molar refractivity (Wildman–Crippen MR) is 85.7 cm³/mol. The van der Waals surface area contributed by atoms with Crippen molar-refractivity contribution in [3.8, 4) is 5.75 Å². The van der Waals surface area contributed by atoms with E-state index in [1.807, 2.05) is 0 Å². The summed E-state index contributed by atoms with van der Waals surface area (Å²) in [5.74, 6) is 0.949. The highest BCUT2D eigenvalue weighted by molar-refractivity contribution is 5.31. The van der Waals surface area contributed by atoms with E-state index in [1.54, 1.807) is 0 Å². The molecule has 2 atom stereocenters. The summed E-state index contributed by atoms with van der Waals surface area (Å²) < 4.78 is 6.22. The van der Waals surface area contributed by atoms with Crippen molar-refractivity contribution in [1.82, 2.24) is 0 Å². The molecule has 0 radical (unpaired) electrons. The van der Waals surface area contributed by atoms with Crippen LogP contribution in [0, 0.1) is 5.41 Å². The molecule has 2 aliphatic rings. The Morgan fingerprint density at radius 3 is 2.19 bits per heavy atom. The van der Waals surface area contributed by atoms with Gasteiger partial charge in [0.05, 0.1) is 6.10 Å². The van der Waals surface area contributed by atoms with Crippen LogP contribution in [0.5, 0.6) is 5.75 Å². The summed E-state index contributed by atoms with van der Waals surface area (Å²) in [5, 5.41) is 10.2. The minimum atomic E-state index is -0.156. The average molecular weight is 288 g/mol. The highest BCUT2D eigenvalue weighted by atomic mass is 16.5. The van der Waals surface area contributed by atoms with Gasteiger partial charge in [-0.3, -0.25) is 0 Å². The number of hydrogen-bond acceptors (Lipinski definition) is 2. The first-order chi connectivity index (χ1) is 9.92. The third-order valence-corrected chi connectivity index (χ3v) is 5.53. The first-order valence-corrected chi connectivity index (χ1v) is 8.37. The van der Waals surface area contributed by atoms with Gasteiger partial charge in [0.25, 0.3) is 0 Å². The molecular weight excluding hydrogens is 260 g/mol. The number of aliphatic hydroxyl groups is 1. The molecule has 116 valence electrons. The Kier molecular flexibility index (Phi) is 3.77. The van der Waals surface area contributed by atoms with Gasteiger partial charge in [-0.25, -0.2) is 0 Å². The van der Waals surface area contributed by atoms with Crippen molar-refractivity contribution in [3.05, 3.63) is 29.8 Å². The lowest BCUT2D eigenvalue weighted by Crippen LogP contribution is -2.60. The fourth-order valence-electron chi connectivity index (χ4n) is 3.95. The molecule has 1 N–H and O–H groups in total. The van der Waals surface area contributed by atoms with E-state index in [2.05, 4.69) is 45.0 Å². The van der Waals surface area contributed by atoms with Crippen molar-refractivity contribution >= 4 is 0 Å². The fraction of sp³-hybridized carbons (Fsp3) is 0.684. The van der Waals surface area contributed by atoms with Gasteiger partial charge in [0.1, 0.15) is 11.9 Å². The molecule has 2 saturated carbocycles. The molecule has 3 rings (SSSR count). The second-order valence-electron chi connectivity index (χ2n) is 7.93. The Balaban J connectivity index is 1.69. The van der Waals surface area contributed by atoms with E-state index in [9.17, 15) is 5.11 Å². The molecule has 0 amide bonds. The number of aliphatic hydroxyl groups excluding tert-OH is 1. The molecular formula is C19H28O2. The van der Waals surface area contributed by atoms with Crippen molar-refractivity contribution in [2.24, 2.45) is 5.41 Å². The number of hydrogen-bond donors (Lipinski definition) is 1. The second kappa shape index (κ2) is 5.31. The van der Waals surface area contributed by atoms with Crippen LogP contribution in [0.2, 0.25) is 0 Å². The molecule has 1 aromatic carbocycles. The normalized spacial score (nSPS) is 28.2. The first-order valence-electron chi connectivity index (χ1n) is 8.37. The first kappa shape index (κ1) is 14.9. The van der Waals surface area contributed by atoms with Crippen LogP contribution in [0.4, 0.5) is 0 Å². The van der Waals surface area contributed by atoms with Gasteiger partial charge in [-0.15, -0.1) is 0 Å². The van der Waals surface area contributed by atoms with Crippen LogP contribution in [-0.4, -0.2) is 17.3 Å². The van der Waals surface area contributed by atoms with E-state index in [1.165, 1.54) is 24.8 Å². The number of benzene rings is 1. The fourth-order valence-corrected chi connectivity index (χ4v) is 3.95. The SMILES string of the molecule is CC(C)(C)c1ccc(OC2CC(O)C23CCCCC3)cc1. The summed E-state index contributed by atoms with van der Waals surface area (Å²) in [6, 6.07) is 8.50. The van der Waals surface area contributed by atoms with Crippen LogP contribution in [0.25, 0.3) is 0 Å². The molecule has 0 bridgehead atoms. The van der Waals surface area contributed by atoms with Gasteiger partial charge in [-0.2, -0.15) is 0 Å². The molecule has 2 unspecified atom stereocenters. The molecule has 0 aliphatic heterocycles. The average Bonchev–Trinajstić information content (AvgIpc) is 2.47. The summed E-state index contributed by atoms with van der Waals surface area (Å²) in [4.78, 5) is 0. The van der Waals surface area contributed by atoms with Crippen LogP contribution in [0.3, 0.4) is 0 Å². The standard InChI is InChI=1S/C19H28O2/c1-18(2,3)14-7-9-15(10-8-14)21-17-13-16(20)19(17)11-5-4-6-12-19/h7-10,16-17,20H,4-6,11-13H2,1-3H3. The summed E-state index contributed by atoms with van der Waals surface area (Å²) in [5.41, 5.74) is 1.55. The lowest BCUT2D eigenvalue weighted by atomic mass is 9.56. The highest BCUT2D eigenvalue weighted by Gasteiger charge is 2.56. The molecule has 0 aromatic heterocycles. The van der Waals surface area contributed by atoms with Gasteiger partial charge >= 0.3 is 0 Å². The van der Waals surface area contributed by atoms with E-state index >= 15 is 0 Å². The molecule has 2 aliphatic carbocycles. The maximum Gasteiger partial charge on any atom is 0.119 e. The third kappa shape index (κ3) is 2.70. The maximum atomic E-state index is 10.2. The maximum absolute atomic E-state index is 10.2. The summed E-state index contributed by atoms with van der Waals surface area (Å²) in [6.45, 7) is 6.67. The highest BCUT2D eigenvalue weighted by Crippen LogP contribution is 2.53. The minimum Gasteiger partial charge on any atom is -0.490 e. The van der Waals surface area contributed by atoms with E-state index in [0.29, 0.717) is 0 Å². The summed E-state index contributed by atoms with van der Waals surface area (Å²) in [6.07, 6.45) is 6.87. The Bertz CT molecular complexity index is 477. The van der Waals surface area contributed by atoms with Gasteiger partial charge in [0, 0.05) is 11.8 Å². The quantitative estimate of drug-likeness (QED) is 0.871. The molecule has 2 fully saturated rings. The Hall–Kier alpha value is -1.02. The second-order valence-corrected chi connectivity index (χ2v) is 7.93. The summed E-state index contributed by atoms with van der Waals surface area (Å²) >= 11 is 0. The smallest absolute Gasteiger partial charge is 0.119 e. The van der Waals surface area contributed by atoms with Crippen LogP contribution >= 0.6 is 0 Å². The van der Waals surface area contributed by atoms with Gasteiger partial charge in [0.15, 0.2) is 0 Å². The van der Waals surface area contributed by atoms with E-state index in [0.717, 1.165) is 25.0 Å². The Morgan fingerprint density at radius 1 is 1.05 bits per heavy atom. The number of ether oxygens (including phenoxy) is 1. The largest absolute Gasteiger partial charge is 0.490 e. The topological polar surface area (TPSA) is 29.5 Å². The number of rotatable bonds is 2. The van der Waals surface area contributed by atoms with Crippen molar-refractivity contribution < 1.29 is 9.84 Å². The van der Waals surface area contributed by atoms with Crippen LogP contribution in [0.1, 0.15) is 64.9 Å². The van der Waals surface area contributed by atoms with Gasteiger partial charge in [-0.05, 0) is 36.0 Å². The molecule has 2 nitrogen and oxygen atoms in total. The zero-order chi connectivity index (χ0) is 15.1. The molecule has 0 heterocycles. The molecule has 0 saturated heterocycles. The lowest BCUT2D eigenvalue weighted by Gasteiger charge is -2.55. The molecule has 1 spiro atoms. The van der Waals surface area contributed by atoms with Crippen LogP contribution in [-0.2, 0) is 5.41 Å². The zero-order valence-corrected chi connectivity index (χ0v) is 13.6. The van der Waals surface area contributed by atoms with Crippen molar-refractivity contribution in [1.29, 1.82) is 0 Å². The molecule has 21 heavy (non-hydrogen) atoms. The zero-order valence-electron chi connectivity index (χ0n) is 13.6. The van der Waals surface area contributed by atoms with Crippen LogP contribution in [0.15, 0.2) is 24.3 Å². The lowest BCUT2D eigenvalue weighted by molar-refractivity contribution is -0.172. The van der Waals surface area contributed by atoms with E-state index < -0.39 is 0 Å². The monoisotopic (exact) mass is 288 g/mol. The van der Waals surface area contributed by atoms with Crippen LogP contribution < -0.4 is 4.74 Å². The van der Waals surface area contributed by atoms with Gasteiger partial charge in [-0.1, -0.05) is 52.2 Å². The Labute approximate surface area is 128 Å². The van der Waals surface area contributed by atoms with Crippen molar-refractivity contribution in [3.63, 3.8) is 0 Å². The van der Waals surface area contributed by atoms with Crippen molar-refractivity contribution in [2.45, 2.75) is 76.9 Å². The predicted octanol–water partition coefficient (Wildman–Crippen LogP) is 4.45. The molecule has 2 heteroatoms.